The number of hydrogen-bond acceptors (Lipinski definition) is 4. The predicted molar refractivity (Wildman–Crippen MR) is 77.8 cm³/mol. The highest BCUT2D eigenvalue weighted by atomic mass is 79.9. The van der Waals surface area contributed by atoms with Gasteiger partial charge in [-0.3, -0.25) is 9.59 Å². The van der Waals surface area contributed by atoms with E-state index in [4.69, 9.17) is 9.52 Å². The zero-order valence-electron chi connectivity index (χ0n) is 11.9. The molecule has 1 aromatic rings. The van der Waals surface area contributed by atoms with Crippen molar-refractivity contribution in [2.45, 2.75) is 26.8 Å². The van der Waals surface area contributed by atoms with Crippen LogP contribution in [0.2, 0.25) is 0 Å². The van der Waals surface area contributed by atoms with Gasteiger partial charge in [0.05, 0.1) is 6.54 Å². The van der Waals surface area contributed by atoms with E-state index in [1.165, 1.54) is 6.07 Å². The van der Waals surface area contributed by atoms with Gasteiger partial charge >= 0.3 is 5.97 Å². The number of carbonyl (C=O) groups excluding carboxylic acids is 2. The third-order valence-corrected chi connectivity index (χ3v) is 3.05. The molecule has 1 heterocycles. The van der Waals surface area contributed by atoms with Gasteiger partial charge < -0.3 is 20.2 Å². The van der Waals surface area contributed by atoms with E-state index in [1.54, 1.807) is 26.8 Å². The first-order valence-corrected chi connectivity index (χ1v) is 6.96. The molecule has 0 aliphatic heterocycles. The van der Waals surface area contributed by atoms with E-state index >= 15 is 0 Å². The monoisotopic (exact) mass is 360 g/mol. The Kier molecular flexibility index (Phi) is 5.54. The van der Waals surface area contributed by atoms with Crippen molar-refractivity contribution < 1.29 is 23.9 Å². The maximum Gasteiger partial charge on any atom is 0.326 e. The van der Waals surface area contributed by atoms with Crippen LogP contribution in [0.15, 0.2) is 21.2 Å². The highest BCUT2D eigenvalue weighted by Crippen LogP contribution is 2.19. The van der Waals surface area contributed by atoms with Crippen LogP contribution in [0, 0.1) is 5.41 Å². The zero-order valence-corrected chi connectivity index (χ0v) is 13.5. The Morgan fingerprint density at radius 1 is 1.33 bits per heavy atom. The number of carboxylic acids is 1. The molecule has 116 valence electrons. The molecule has 0 bridgehead atoms. The van der Waals surface area contributed by atoms with Crippen molar-refractivity contribution in [3.8, 4) is 0 Å². The molecule has 0 saturated carbocycles. The van der Waals surface area contributed by atoms with E-state index < -0.39 is 29.2 Å². The fourth-order valence-electron chi connectivity index (χ4n) is 1.54. The largest absolute Gasteiger partial charge is 0.480 e. The van der Waals surface area contributed by atoms with Gasteiger partial charge in [-0.2, -0.15) is 0 Å². The molecule has 1 unspecified atom stereocenters. The van der Waals surface area contributed by atoms with Gasteiger partial charge in [-0.25, -0.2) is 4.79 Å². The van der Waals surface area contributed by atoms with Crippen LogP contribution in [-0.2, 0) is 9.59 Å². The van der Waals surface area contributed by atoms with Gasteiger partial charge in [0, 0.05) is 0 Å². The van der Waals surface area contributed by atoms with Crippen LogP contribution in [0.1, 0.15) is 31.3 Å². The summed E-state index contributed by atoms with van der Waals surface area (Å²) in [7, 11) is 0. The van der Waals surface area contributed by atoms with Crippen LogP contribution >= 0.6 is 15.9 Å². The van der Waals surface area contributed by atoms with Gasteiger partial charge in [-0.05, 0) is 33.5 Å². The second-order valence-electron chi connectivity index (χ2n) is 5.49. The van der Waals surface area contributed by atoms with Gasteiger partial charge in [-0.1, -0.05) is 20.8 Å². The standard InChI is InChI=1S/C13H17BrN2O5/c1-13(2,3)10(12(19)20)16-9(17)6-15-11(18)7-4-5-8(14)21-7/h4-5,10H,6H2,1-3H3,(H,15,18)(H,16,17)(H,19,20). The summed E-state index contributed by atoms with van der Waals surface area (Å²) in [6.45, 7) is 4.76. The SMILES string of the molecule is CC(C)(C)C(NC(=O)CNC(=O)c1ccc(Br)o1)C(=O)O. The molecule has 3 N–H and O–H groups in total. The van der Waals surface area contributed by atoms with Crippen molar-refractivity contribution in [3.63, 3.8) is 0 Å². The molecule has 0 aromatic carbocycles. The van der Waals surface area contributed by atoms with Crippen molar-refractivity contribution >= 4 is 33.7 Å². The lowest BCUT2D eigenvalue weighted by molar-refractivity contribution is -0.144. The molecule has 0 aliphatic carbocycles. The Morgan fingerprint density at radius 3 is 2.38 bits per heavy atom. The summed E-state index contributed by atoms with van der Waals surface area (Å²) in [5, 5.41) is 13.8. The van der Waals surface area contributed by atoms with Crippen molar-refractivity contribution in [2.24, 2.45) is 5.41 Å². The maximum absolute atomic E-state index is 11.7. The second kappa shape index (κ2) is 6.75. The second-order valence-corrected chi connectivity index (χ2v) is 6.27. The smallest absolute Gasteiger partial charge is 0.326 e. The van der Waals surface area contributed by atoms with E-state index in [2.05, 4.69) is 26.6 Å². The Balaban J connectivity index is 2.54. The number of carbonyl (C=O) groups is 3. The van der Waals surface area contributed by atoms with Crippen molar-refractivity contribution in [1.29, 1.82) is 0 Å². The summed E-state index contributed by atoms with van der Waals surface area (Å²) in [5.74, 6) is -2.22. The third-order valence-electron chi connectivity index (χ3n) is 2.62. The fourth-order valence-corrected chi connectivity index (χ4v) is 1.85. The van der Waals surface area contributed by atoms with Crippen LogP contribution < -0.4 is 10.6 Å². The van der Waals surface area contributed by atoms with Gasteiger partial charge in [0.2, 0.25) is 5.91 Å². The van der Waals surface area contributed by atoms with E-state index in [0.29, 0.717) is 4.67 Å². The van der Waals surface area contributed by atoms with Gasteiger partial charge in [0.1, 0.15) is 6.04 Å². The summed E-state index contributed by atoms with van der Waals surface area (Å²) in [6, 6.07) is 1.96. The van der Waals surface area contributed by atoms with E-state index in [1.807, 2.05) is 0 Å². The molecule has 0 saturated heterocycles. The summed E-state index contributed by atoms with van der Waals surface area (Å²) in [4.78, 5) is 34.5. The summed E-state index contributed by atoms with van der Waals surface area (Å²) in [6.07, 6.45) is 0. The maximum atomic E-state index is 11.7. The number of aliphatic carboxylic acids is 1. The third kappa shape index (κ3) is 5.22. The molecule has 21 heavy (non-hydrogen) atoms. The van der Waals surface area contributed by atoms with Crippen LogP contribution in [0.25, 0.3) is 0 Å². The number of carboxylic acid groups (broad SMARTS) is 1. The quantitative estimate of drug-likeness (QED) is 0.734. The Bertz CT molecular complexity index is 547. The lowest BCUT2D eigenvalue weighted by Gasteiger charge is -2.27. The number of furan rings is 1. The predicted octanol–water partition coefficient (Wildman–Crippen LogP) is 1.39. The molecule has 0 radical (unpaired) electrons. The normalized spacial score (nSPS) is 12.6. The highest BCUT2D eigenvalue weighted by Gasteiger charge is 2.32. The molecule has 1 atom stereocenters. The summed E-state index contributed by atoms with van der Waals surface area (Å²) < 4.78 is 5.43. The van der Waals surface area contributed by atoms with Gasteiger partial charge in [0.25, 0.3) is 5.91 Å². The van der Waals surface area contributed by atoms with E-state index in [9.17, 15) is 14.4 Å². The molecule has 7 nitrogen and oxygen atoms in total. The Labute approximate surface area is 130 Å². The van der Waals surface area contributed by atoms with Crippen LogP contribution in [0.3, 0.4) is 0 Å². The minimum atomic E-state index is -1.13. The molecule has 2 amide bonds. The average molecular weight is 361 g/mol. The van der Waals surface area contributed by atoms with E-state index in [0.717, 1.165) is 0 Å². The Morgan fingerprint density at radius 2 is 1.95 bits per heavy atom. The number of halogens is 1. The van der Waals surface area contributed by atoms with E-state index in [-0.39, 0.29) is 12.3 Å². The number of nitrogens with one attached hydrogen (secondary N) is 2. The first kappa shape index (κ1) is 17.2. The van der Waals surface area contributed by atoms with Crippen molar-refractivity contribution in [2.75, 3.05) is 6.54 Å². The minimum absolute atomic E-state index is 0.0558. The minimum Gasteiger partial charge on any atom is -0.480 e. The first-order valence-electron chi connectivity index (χ1n) is 6.17. The first-order chi connectivity index (χ1) is 9.61. The fraction of sp³-hybridized carbons (Fsp3) is 0.462. The molecule has 1 aromatic heterocycles. The molecular formula is C13H17BrN2O5. The van der Waals surface area contributed by atoms with Crippen molar-refractivity contribution in [1.82, 2.24) is 10.6 Å². The van der Waals surface area contributed by atoms with Crippen LogP contribution in [0.5, 0.6) is 0 Å². The summed E-state index contributed by atoms with van der Waals surface area (Å²) >= 11 is 3.06. The van der Waals surface area contributed by atoms with Gasteiger partial charge in [0.15, 0.2) is 10.4 Å². The number of rotatable bonds is 5. The highest BCUT2D eigenvalue weighted by molar-refractivity contribution is 9.10. The average Bonchev–Trinajstić information content (AvgIpc) is 2.78. The van der Waals surface area contributed by atoms with Crippen LogP contribution in [-0.4, -0.2) is 35.5 Å². The molecule has 0 aliphatic rings. The molecule has 0 spiro atoms. The molecule has 1 rings (SSSR count). The Hall–Kier alpha value is -1.83. The molecular weight excluding hydrogens is 344 g/mol. The molecule has 0 fully saturated rings. The number of hydrogen-bond donors (Lipinski definition) is 3. The number of amides is 2. The zero-order chi connectivity index (χ0) is 16.2. The lowest BCUT2D eigenvalue weighted by atomic mass is 9.87. The van der Waals surface area contributed by atoms with Crippen molar-refractivity contribution in [3.05, 3.63) is 22.6 Å². The molecule has 8 heteroatoms. The topological polar surface area (TPSA) is 109 Å². The lowest BCUT2D eigenvalue weighted by Crippen LogP contribution is -2.51. The van der Waals surface area contributed by atoms with Gasteiger partial charge in [-0.15, -0.1) is 0 Å². The summed E-state index contributed by atoms with van der Waals surface area (Å²) in [5.41, 5.74) is -0.641. The van der Waals surface area contributed by atoms with Crippen LogP contribution in [0.4, 0.5) is 0 Å².